The predicted octanol–water partition coefficient (Wildman–Crippen LogP) is 19.7. The minimum atomic E-state index is 1.11. The van der Waals surface area contributed by atoms with E-state index in [2.05, 4.69) is 266 Å². The van der Waals surface area contributed by atoms with E-state index >= 15 is 0 Å². The van der Waals surface area contributed by atoms with Crippen LogP contribution in [0.5, 0.6) is 0 Å². The first-order valence-corrected chi connectivity index (χ1v) is 24.6. The quantitative estimate of drug-likeness (QED) is 0.154. The van der Waals surface area contributed by atoms with Gasteiger partial charge in [0, 0.05) is 22.5 Å². The molecule has 0 spiro atoms. The van der Waals surface area contributed by atoms with E-state index in [1.165, 1.54) is 132 Å². The van der Waals surface area contributed by atoms with Gasteiger partial charge in [-0.1, -0.05) is 176 Å². The van der Waals surface area contributed by atoms with E-state index in [0.717, 1.165) is 17.1 Å². The lowest BCUT2D eigenvalue weighted by molar-refractivity contribution is 1.29. The third-order valence-electron chi connectivity index (χ3n) is 15.2. The summed E-state index contributed by atoms with van der Waals surface area (Å²) in [5, 5.41) is 9.98. The Kier molecular flexibility index (Phi) is 8.73. The van der Waals surface area contributed by atoms with E-state index in [9.17, 15) is 0 Å². The summed E-state index contributed by atoms with van der Waals surface area (Å²) in [7, 11) is 0. The Labute approximate surface area is 412 Å². The zero-order chi connectivity index (χ0) is 46.6. The highest BCUT2D eigenvalue weighted by Crippen LogP contribution is 2.54. The zero-order valence-corrected chi connectivity index (χ0v) is 38.8. The van der Waals surface area contributed by atoms with Crippen LogP contribution in [0.25, 0.3) is 132 Å². The van der Waals surface area contributed by atoms with E-state index in [0.29, 0.717) is 0 Å². The fourth-order valence-corrected chi connectivity index (χ4v) is 11.6. The van der Waals surface area contributed by atoms with Crippen molar-refractivity contribution >= 4 is 60.2 Å². The van der Waals surface area contributed by atoms with Gasteiger partial charge in [-0.25, -0.2) is 0 Å². The molecule has 0 unspecified atom stereocenters. The molecule has 71 heavy (non-hydrogen) atoms. The van der Waals surface area contributed by atoms with Crippen molar-refractivity contribution in [3.8, 4) is 89.0 Å². The molecular weight excluding hydrogens is 855 g/mol. The molecule has 13 aromatic rings. The molecule has 0 fully saturated rings. The molecule has 0 saturated carbocycles. The number of para-hydroxylation sites is 1. The van der Waals surface area contributed by atoms with E-state index in [-0.39, 0.29) is 0 Å². The number of hydrogen-bond acceptors (Lipinski definition) is 1. The van der Waals surface area contributed by atoms with Crippen LogP contribution in [0.15, 0.2) is 261 Å². The maximum Gasteiger partial charge on any atom is 0.0618 e. The van der Waals surface area contributed by atoms with Crippen molar-refractivity contribution in [2.24, 2.45) is 0 Å². The molecule has 0 amide bonds. The second-order valence-electron chi connectivity index (χ2n) is 19.3. The summed E-state index contributed by atoms with van der Waals surface area (Å²) in [6, 6.07) is 96.9. The van der Waals surface area contributed by atoms with Gasteiger partial charge in [-0.05, 0) is 206 Å². The van der Waals surface area contributed by atoms with Gasteiger partial charge in [0.25, 0.3) is 0 Å². The smallest absolute Gasteiger partial charge is 0.0618 e. The minimum Gasteiger partial charge on any atom is -0.309 e. The molecule has 1 heteroatoms. The largest absolute Gasteiger partial charge is 0.309 e. The summed E-state index contributed by atoms with van der Waals surface area (Å²) in [5.74, 6) is 0. The third-order valence-corrected chi connectivity index (χ3v) is 15.2. The third kappa shape index (κ3) is 6.41. The molecular formula is C70H43N. The summed E-state index contributed by atoms with van der Waals surface area (Å²) in [4.78, 5) is 2.51. The number of rotatable bonds is 7. The average Bonchev–Trinajstić information content (AvgIpc) is 3.44. The molecule has 1 nitrogen and oxygen atoms in total. The fraction of sp³-hybridized carbons (Fsp3) is 0. The van der Waals surface area contributed by atoms with Crippen LogP contribution in [0.3, 0.4) is 0 Å². The Balaban J connectivity index is 0.881. The van der Waals surface area contributed by atoms with Gasteiger partial charge in [0.15, 0.2) is 0 Å². The second-order valence-corrected chi connectivity index (χ2v) is 19.3. The highest BCUT2D eigenvalue weighted by molar-refractivity contribution is 6.14. The van der Waals surface area contributed by atoms with Gasteiger partial charge >= 0.3 is 0 Å². The Morgan fingerprint density at radius 2 is 0.465 bits per heavy atom. The SMILES string of the molecule is c1ccc(-c2ccc3cc4c(cc3c2)-c2cc3ccc(N(c5ccc6cc7c(cc6c5)-c5cc6ccc(-c8ccccc8)cc6cc5-7)c5c(-c6ccccc6)cccc5-c5ccccc5)cc3cc2-4)cc1. The highest BCUT2D eigenvalue weighted by Gasteiger charge is 2.28. The van der Waals surface area contributed by atoms with Gasteiger partial charge in [-0.2, -0.15) is 0 Å². The van der Waals surface area contributed by atoms with Gasteiger partial charge in [-0.15, -0.1) is 0 Å². The predicted molar refractivity (Wildman–Crippen MR) is 302 cm³/mol. The molecule has 15 rings (SSSR count). The van der Waals surface area contributed by atoms with Crippen LogP contribution in [-0.4, -0.2) is 0 Å². The molecule has 13 aromatic carbocycles. The van der Waals surface area contributed by atoms with Crippen LogP contribution in [0.2, 0.25) is 0 Å². The summed E-state index contributed by atoms with van der Waals surface area (Å²) in [6.45, 7) is 0. The maximum absolute atomic E-state index is 2.51. The fourth-order valence-electron chi connectivity index (χ4n) is 11.6. The number of anilines is 3. The number of hydrogen-bond donors (Lipinski definition) is 0. The summed E-state index contributed by atoms with van der Waals surface area (Å²) in [5.41, 5.74) is 23.6. The summed E-state index contributed by atoms with van der Waals surface area (Å²) in [6.07, 6.45) is 0. The van der Waals surface area contributed by atoms with Crippen molar-refractivity contribution in [1.82, 2.24) is 0 Å². The van der Waals surface area contributed by atoms with Crippen molar-refractivity contribution in [3.05, 3.63) is 261 Å². The van der Waals surface area contributed by atoms with Crippen LogP contribution in [0.1, 0.15) is 0 Å². The zero-order valence-electron chi connectivity index (χ0n) is 38.8. The minimum absolute atomic E-state index is 1.11. The normalized spacial score (nSPS) is 11.9. The Morgan fingerprint density at radius 3 is 0.817 bits per heavy atom. The lowest BCUT2D eigenvalue weighted by Gasteiger charge is -2.32. The molecule has 2 aliphatic rings. The van der Waals surface area contributed by atoms with E-state index in [4.69, 9.17) is 0 Å². The van der Waals surface area contributed by atoms with Gasteiger partial charge in [-0.3, -0.25) is 0 Å². The van der Waals surface area contributed by atoms with E-state index in [1.54, 1.807) is 0 Å². The first-order chi connectivity index (χ1) is 35.1. The average molecular weight is 898 g/mol. The van der Waals surface area contributed by atoms with Gasteiger partial charge in [0.05, 0.1) is 5.69 Å². The van der Waals surface area contributed by atoms with Crippen LogP contribution < -0.4 is 4.90 Å². The molecule has 0 bridgehead atoms. The topological polar surface area (TPSA) is 3.24 Å². The molecule has 0 heterocycles. The molecule has 0 aromatic heterocycles. The first kappa shape index (κ1) is 39.7. The van der Waals surface area contributed by atoms with E-state index in [1.807, 2.05) is 0 Å². The maximum atomic E-state index is 2.51. The van der Waals surface area contributed by atoms with Crippen LogP contribution >= 0.6 is 0 Å². The monoisotopic (exact) mass is 897 g/mol. The molecule has 0 N–H and O–H groups in total. The highest BCUT2D eigenvalue weighted by atomic mass is 15.1. The molecule has 0 atom stereocenters. The van der Waals surface area contributed by atoms with Gasteiger partial charge in [0.1, 0.15) is 0 Å². The molecule has 0 saturated heterocycles. The van der Waals surface area contributed by atoms with Crippen molar-refractivity contribution in [3.63, 3.8) is 0 Å². The van der Waals surface area contributed by atoms with Gasteiger partial charge in [0.2, 0.25) is 0 Å². The molecule has 328 valence electrons. The van der Waals surface area contributed by atoms with E-state index < -0.39 is 0 Å². The molecule has 0 aliphatic heterocycles. The standard InChI is InChI=1S/C70H43N/c1-5-14-44(15-6-1)48-24-26-50-36-62-66(40-54(50)32-48)64-38-52-28-30-58(34-56(52)42-68(62)64)71(70-60(46-18-9-3-10-19-46)22-13-23-61(70)47-20-11-4-12-21-47)59-31-29-53-39-65-67-41-55-33-49(45-16-7-2-8-17-45)25-27-51(55)37-63(67)69(65)43-57(53)35-59/h1-43H. The summed E-state index contributed by atoms with van der Waals surface area (Å²) < 4.78 is 0. The number of fused-ring (bicyclic) bond motifs is 12. The Bertz CT molecular complexity index is 4030. The van der Waals surface area contributed by atoms with Crippen molar-refractivity contribution in [1.29, 1.82) is 0 Å². The number of nitrogens with zero attached hydrogens (tertiary/aromatic N) is 1. The van der Waals surface area contributed by atoms with Crippen molar-refractivity contribution in [2.45, 2.75) is 0 Å². The first-order valence-electron chi connectivity index (χ1n) is 24.6. The van der Waals surface area contributed by atoms with Crippen molar-refractivity contribution in [2.75, 3.05) is 4.90 Å². The number of benzene rings is 13. The Morgan fingerprint density at radius 1 is 0.169 bits per heavy atom. The lowest BCUT2D eigenvalue weighted by atomic mass is 9.77. The van der Waals surface area contributed by atoms with Crippen LogP contribution in [0, 0.1) is 0 Å². The lowest BCUT2D eigenvalue weighted by Crippen LogP contribution is -2.13. The van der Waals surface area contributed by atoms with Gasteiger partial charge < -0.3 is 4.90 Å². The summed E-state index contributed by atoms with van der Waals surface area (Å²) >= 11 is 0. The molecule has 0 radical (unpaired) electrons. The molecule has 2 aliphatic carbocycles. The van der Waals surface area contributed by atoms with Crippen LogP contribution in [-0.2, 0) is 0 Å². The Hall–Kier alpha value is -9.30. The van der Waals surface area contributed by atoms with Crippen LogP contribution in [0.4, 0.5) is 17.1 Å². The second kappa shape index (κ2) is 15.6. The van der Waals surface area contributed by atoms with Crippen molar-refractivity contribution < 1.29 is 0 Å².